The van der Waals surface area contributed by atoms with Crippen LogP contribution in [0, 0.1) is 12.7 Å². The molecule has 31 heavy (non-hydrogen) atoms. The molecule has 7 nitrogen and oxygen atoms in total. The highest BCUT2D eigenvalue weighted by Crippen LogP contribution is 2.33. The first-order valence-electron chi connectivity index (χ1n) is 9.72. The molecular formula is C20H27ClFN3O4S2. The quantitative estimate of drug-likeness (QED) is 0.584. The van der Waals surface area contributed by atoms with E-state index in [0.29, 0.717) is 16.7 Å². The van der Waals surface area contributed by atoms with Gasteiger partial charge in [-0.2, -0.15) is 0 Å². The number of halogens is 2. The van der Waals surface area contributed by atoms with Crippen molar-refractivity contribution in [3.05, 3.63) is 39.1 Å². The Kier molecular flexibility index (Phi) is 9.23. The first kappa shape index (κ1) is 25.5. The van der Waals surface area contributed by atoms with E-state index in [-0.39, 0.29) is 28.2 Å². The minimum absolute atomic E-state index is 0.140. The number of nitrogens with one attached hydrogen (secondary N) is 1. The third kappa shape index (κ3) is 6.86. The molecule has 0 amide bonds. The Morgan fingerprint density at radius 1 is 1.35 bits per heavy atom. The van der Waals surface area contributed by atoms with Crippen LogP contribution in [0.1, 0.15) is 36.4 Å². The van der Waals surface area contributed by atoms with Crippen molar-refractivity contribution in [2.24, 2.45) is 0 Å². The number of likely N-dealkylation sites (N-methyl/N-ethyl adjacent to an activating group) is 1. The zero-order valence-electron chi connectivity index (χ0n) is 17.6. The summed E-state index contributed by atoms with van der Waals surface area (Å²) in [5.41, 5.74) is 1.18. The minimum Gasteiger partial charge on any atom is -0.483 e. The van der Waals surface area contributed by atoms with Gasteiger partial charge in [-0.1, -0.05) is 24.4 Å². The number of aromatic nitrogens is 1. The second kappa shape index (κ2) is 11.2. The summed E-state index contributed by atoms with van der Waals surface area (Å²) in [5, 5.41) is 12.6. The van der Waals surface area contributed by atoms with E-state index in [1.165, 1.54) is 23.5 Å². The summed E-state index contributed by atoms with van der Waals surface area (Å²) in [6.45, 7) is 1.54. The van der Waals surface area contributed by atoms with E-state index in [0.717, 1.165) is 31.4 Å². The Bertz CT molecular complexity index is 998. The molecule has 1 aliphatic carbocycles. The number of sulfone groups is 1. The molecule has 0 aliphatic heterocycles. The van der Waals surface area contributed by atoms with Crippen LogP contribution in [-0.2, 0) is 20.4 Å². The molecule has 172 valence electrons. The number of benzene rings is 1. The van der Waals surface area contributed by atoms with E-state index in [4.69, 9.17) is 21.5 Å². The lowest BCUT2D eigenvalue weighted by Crippen LogP contribution is -2.45. The van der Waals surface area contributed by atoms with Gasteiger partial charge in [0.1, 0.15) is 21.5 Å². The van der Waals surface area contributed by atoms with Crippen LogP contribution in [-0.4, -0.2) is 56.1 Å². The molecule has 11 heteroatoms. The van der Waals surface area contributed by atoms with Gasteiger partial charge in [-0.25, -0.2) is 17.8 Å². The maximum Gasteiger partial charge on any atom is 0.290 e. The Balaban J connectivity index is 0.00000107. The molecule has 0 bridgehead atoms. The average molecular weight is 492 g/mol. The van der Waals surface area contributed by atoms with Gasteiger partial charge in [0.05, 0.1) is 10.7 Å². The van der Waals surface area contributed by atoms with Gasteiger partial charge in [0, 0.05) is 23.2 Å². The van der Waals surface area contributed by atoms with E-state index in [1.807, 2.05) is 14.1 Å². The highest BCUT2D eigenvalue weighted by atomic mass is 35.5. The fourth-order valence-corrected chi connectivity index (χ4v) is 6.46. The highest BCUT2D eigenvalue weighted by Gasteiger charge is 2.28. The molecule has 2 atom stereocenters. The Morgan fingerprint density at radius 3 is 2.58 bits per heavy atom. The number of thiazole rings is 1. The van der Waals surface area contributed by atoms with Gasteiger partial charge < -0.3 is 15.3 Å². The zero-order valence-corrected chi connectivity index (χ0v) is 20.0. The predicted octanol–water partition coefficient (Wildman–Crippen LogP) is 4.20. The number of nitrogens with zero attached hydrogens (tertiary/aromatic N) is 2. The SMILES string of the molecule is Cc1csc(CS(=O)(=O)c2cc(Cl)c(N[C@H]3CCCC[C@@H]3N(C)C)cc2F)n1.O=CO. The van der Waals surface area contributed by atoms with Crippen molar-refractivity contribution >= 4 is 44.9 Å². The van der Waals surface area contributed by atoms with Gasteiger partial charge in [0.25, 0.3) is 6.47 Å². The minimum atomic E-state index is -3.87. The second-order valence-electron chi connectivity index (χ2n) is 7.58. The van der Waals surface area contributed by atoms with Crippen LogP contribution in [0.25, 0.3) is 0 Å². The molecule has 1 fully saturated rings. The van der Waals surface area contributed by atoms with E-state index < -0.39 is 15.7 Å². The lowest BCUT2D eigenvalue weighted by Gasteiger charge is -2.37. The first-order chi connectivity index (χ1) is 14.6. The summed E-state index contributed by atoms with van der Waals surface area (Å²) in [4.78, 5) is 14.3. The summed E-state index contributed by atoms with van der Waals surface area (Å²) in [6, 6.07) is 2.87. The molecule has 2 aromatic rings. The molecular weight excluding hydrogens is 465 g/mol. The Hall–Kier alpha value is -1.75. The van der Waals surface area contributed by atoms with E-state index in [1.54, 1.807) is 12.3 Å². The van der Waals surface area contributed by atoms with Crippen molar-refractivity contribution in [3.8, 4) is 0 Å². The van der Waals surface area contributed by atoms with Gasteiger partial charge in [0.15, 0.2) is 9.84 Å². The molecule has 0 spiro atoms. The summed E-state index contributed by atoms with van der Waals surface area (Å²) in [5.74, 6) is -1.13. The van der Waals surface area contributed by atoms with Gasteiger partial charge in [-0.3, -0.25) is 4.79 Å². The smallest absolute Gasteiger partial charge is 0.290 e. The lowest BCUT2D eigenvalue weighted by atomic mass is 9.89. The van der Waals surface area contributed by atoms with Crippen molar-refractivity contribution in [1.29, 1.82) is 0 Å². The third-order valence-electron chi connectivity index (χ3n) is 5.07. The number of rotatable bonds is 6. The molecule has 2 N–H and O–H groups in total. The fourth-order valence-electron chi connectivity index (χ4n) is 3.68. The van der Waals surface area contributed by atoms with E-state index >= 15 is 0 Å². The van der Waals surface area contributed by atoms with Crippen LogP contribution in [0.5, 0.6) is 0 Å². The lowest BCUT2D eigenvalue weighted by molar-refractivity contribution is -0.122. The topological polar surface area (TPSA) is 99.6 Å². The predicted molar refractivity (Wildman–Crippen MR) is 121 cm³/mol. The van der Waals surface area contributed by atoms with Crippen LogP contribution in [0.15, 0.2) is 22.4 Å². The number of hydrogen-bond acceptors (Lipinski definition) is 7. The summed E-state index contributed by atoms with van der Waals surface area (Å²) >= 11 is 7.59. The van der Waals surface area contributed by atoms with Crippen molar-refractivity contribution in [2.75, 3.05) is 19.4 Å². The van der Waals surface area contributed by atoms with Crippen LogP contribution in [0.2, 0.25) is 5.02 Å². The third-order valence-corrected chi connectivity index (χ3v) is 8.17. The van der Waals surface area contributed by atoms with Crippen molar-refractivity contribution in [3.63, 3.8) is 0 Å². The molecule has 3 rings (SSSR count). The van der Waals surface area contributed by atoms with Crippen molar-refractivity contribution < 1.29 is 22.7 Å². The largest absolute Gasteiger partial charge is 0.483 e. The van der Waals surface area contributed by atoms with E-state index in [2.05, 4.69) is 15.2 Å². The molecule has 1 aromatic heterocycles. The second-order valence-corrected chi connectivity index (χ2v) is 10.9. The Labute approximate surface area is 191 Å². The number of anilines is 1. The Morgan fingerprint density at radius 2 is 2.00 bits per heavy atom. The van der Waals surface area contributed by atoms with Gasteiger partial charge in [0.2, 0.25) is 0 Å². The summed E-state index contributed by atoms with van der Waals surface area (Å²) < 4.78 is 40.1. The first-order valence-corrected chi connectivity index (χ1v) is 12.6. The molecule has 1 saturated carbocycles. The highest BCUT2D eigenvalue weighted by molar-refractivity contribution is 7.90. The number of hydrogen-bond donors (Lipinski definition) is 2. The molecule has 0 radical (unpaired) electrons. The number of carboxylic acid groups (broad SMARTS) is 1. The van der Waals surface area contributed by atoms with Crippen LogP contribution >= 0.6 is 22.9 Å². The normalized spacial score (nSPS) is 18.9. The van der Waals surface area contributed by atoms with Crippen molar-refractivity contribution in [1.82, 2.24) is 9.88 Å². The summed E-state index contributed by atoms with van der Waals surface area (Å²) in [7, 11) is 0.186. The van der Waals surface area contributed by atoms with Gasteiger partial charge in [-0.05, 0) is 46.0 Å². The van der Waals surface area contributed by atoms with Gasteiger partial charge in [-0.15, -0.1) is 11.3 Å². The number of aryl methyl sites for hydroxylation is 1. The van der Waals surface area contributed by atoms with Crippen LogP contribution < -0.4 is 5.32 Å². The average Bonchev–Trinajstić information content (AvgIpc) is 3.09. The van der Waals surface area contributed by atoms with Gasteiger partial charge >= 0.3 is 0 Å². The van der Waals surface area contributed by atoms with Crippen LogP contribution in [0.3, 0.4) is 0 Å². The maximum atomic E-state index is 14.7. The molecule has 1 aromatic carbocycles. The monoisotopic (exact) mass is 491 g/mol. The molecule has 1 aliphatic rings. The molecule has 1 heterocycles. The number of carbonyl (C=O) groups is 1. The maximum absolute atomic E-state index is 14.7. The standard InChI is InChI=1S/C19H25ClFN3O2S2.CH2O2/c1-12-10-27-19(22-12)11-28(25,26)18-8-13(20)16(9-14(18)21)23-15-6-4-5-7-17(15)24(2)3;2-1-3/h8-10,15,17,23H,4-7,11H2,1-3H3;1H,(H,2,3)/t15-,17-;/m0./s1. The van der Waals surface area contributed by atoms with E-state index in [9.17, 15) is 12.8 Å². The fraction of sp³-hybridized carbons (Fsp3) is 0.500. The molecule has 0 saturated heterocycles. The molecule has 0 unspecified atom stereocenters. The van der Waals surface area contributed by atoms with Crippen LogP contribution in [0.4, 0.5) is 10.1 Å². The summed E-state index contributed by atoms with van der Waals surface area (Å²) in [6.07, 6.45) is 4.28. The zero-order chi connectivity index (χ0) is 23.2. The van der Waals surface area contributed by atoms with Crippen molar-refractivity contribution in [2.45, 2.75) is 55.3 Å².